The lowest BCUT2D eigenvalue weighted by atomic mass is 9.95. The largest absolute Gasteiger partial charge is 0.477 e. The van der Waals surface area contributed by atoms with E-state index in [1.165, 1.54) is 23.5 Å². The van der Waals surface area contributed by atoms with Gasteiger partial charge in [-0.2, -0.15) is 4.31 Å². The van der Waals surface area contributed by atoms with Crippen LogP contribution in [0.5, 0.6) is 5.75 Å². The van der Waals surface area contributed by atoms with E-state index in [1.54, 1.807) is 29.2 Å². The van der Waals surface area contributed by atoms with Gasteiger partial charge in [0.05, 0.1) is 17.1 Å². The summed E-state index contributed by atoms with van der Waals surface area (Å²) >= 11 is 0. The number of sulfonamides is 1. The molecule has 2 amide bonds. The second kappa shape index (κ2) is 8.87. The number of anilines is 1. The Balaban J connectivity index is 1.48. The second-order valence-electron chi connectivity index (χ2n) is 7.77. The van der Waals surface area contributed by atoms with E-state index < -0.39 is 21.9 Å². The van der Waals surface area contributed by atoms with E-state index in [0.29, 0.717) is 24.3 Å². The highest BCUT2D eigenvalue weighted by molar-refractivity contribution is 7.89. The molecule has 2 aliphatic rings. The molecule has 4 rings (SSSR count). The van der Waals surface area contributed by atoms with E-state index in [2.05, 4.69) is 5.32 Å². The molecule has 2 heterocycles. The number of halogens is 1. The average Bonchev–Trinajstić information content (AvgIpc) is 2.82. The average molecular weight is 462 g/mol. The highest BCUT2D eigenvalue weighted by Crippen LogP contribution is 2.35. The van der Waals surface area contributed by atoms with Gasteiger partial charge in [0.25, 0.3) is 5.91 Å². The van der Waals surface area contributed by atoms with Crippen molar-refractivity contribution in [3.8, 4) is 5.75 Å². The molecule has 10 heteroatoms. The number of benzene rings is 2. The Morgan fingerprint density at radius 2 is 1.72 bits per heavy atom. The maximum Gasteiger partial charge on any atom is 0.262 e. The van der Waals surface area contributed by atoms with E-state index >= 15 is 0 Å². The van der Waals surface area contributed by atoms with Gasteiger partial charge in [0.15, 0.2) is 6.10 Å². The third-order valence-corrected chi connectivity index (χ3v) is 7.75. The minimum Gasteiger partial charge on any atom is -0.477 e. The Hall–Kier alpha value is -2.98. The van der Waals surface area contributed by atoms with Crippen LogP contribution in [0.1, 0.15) is 12.8 Å². The Labute approximate surface area is 186 Å². The Bertz CT molecular complexity index is 1110. The Kier molecular flexibility index (Phi) is 6.16. The summed E-state index contributed by atoms with van der Waals surface area (Å²) in [7, 11) is -2.25. The van der Waals surface area contributed by atoms with Crippen molar-refractivity contribution in [2.45, 2.75) is 23.8 Å². The second-order valence-corrected chi connectivity index (χ2v) is 9.71. The summed E-state index contributed by atoms with van der Waals surface area (Å²) in [6.45, 7) is 0.450. The van der Waals surface area contributed by atoms with Crippen LogP contribution in [0, 0.1) is 11.7 Å². The lowest BCUT2D eigenvalue weighted by molar-refractivity contribution is -0.128. The Morgan fingerprint density at radius 3 is 2.38 bits per heavy atom. The number of nitrogens with one attached hydrogen (secondary N) is 1. The third-order valence-electron chi connectivity index (χ3n) is 5.83. The predicted octanol–water partition coefficient (Wildman–Crippen LogP) is 1.77. The van der Waals surface area contributed by atoms with Crippen molar-refractivity contribution < 1.29 is 27.1 Å². The predicted molar refractivity (Wildman–Crippen MR) is 115 cm³/mol. The fourth-order valence-corrected chi connectivity index (χ4v) is 5.53. The summed E-state index contributed by atoms with van der Waals surface area (Å²) in [6, 6.07) is 11.7. The monoisotopic (exact) mass is 461 g/mol. The summed E-state index contributed by atoms with van der Waals surface area (Å²) in [5.41, 5.74) is 0.596. The number of carbonyl (C=O) groups excluding carboxylic acids is 2. The Morgan fingerprint density at radius 1 is 1.06 bits per heavy atom. The molecular weight excluding hydrogens is 437 g/mol. The van der Waals surface area contributed by atoms with Crippen LogP contribution < -0.4 is 15.0 Å². The molecule has 2 aromatic carbocycles. The maximum absolute atomic E-state index is 13.4. The normalized spacial score (nSPS) is 19.7. The highest BCUT2D eigenvalue weighted by atomic mass is 32.2. The van der Waals surface area contributed by atoms with Gasteiger partial charge in [-0.3, -0.25) is 9.59 Å². The van der Waals surface area contributed by atoms with Crippen LogP contribution in [0.4, 0.5) is 10.1 Å². The van der Waals surface area contributed by atoms with Crippen molar-refractivity contribution in [3.63, 3.8) is 0 Å². The smallest absolute Gasteiger partial charge is 0.262 e. The summed E-state index contributed by atoms with van der Waals surface area (Å²) < 4.78 is 45.9. The number of rotatable bonds is 4. The van der Waals surface area contributed by atoms with Gasteiger partial charge in [-0.15, -0.1) is 0 Å². The third kappa shape index (κ3) is 4.20. The van der Waals surface area contributed by atoms with E-state index in [0.717, 1.165) is 12.1 Å². The van der Waals surface area contributed by atoms with Crippen molar-refractivity contribution in [1.29, 1.82) is 0 Å². The van der Waals surface area contributed by atoms with Crippen molar-refractivity contribution >= 4 is 27.5 Å². The molecule has 32 heavy (non-hydrogen) atoms. The fourth-order valence-electron chi connectivity index (χ4n) is 4.06. The summed E-state index contributed by atoms with van der Waals surface area (Å²) in [4.78, 5) is 27.1. The molecule has 170 valence electrons. The first-order chi connectivity index (χ1) is 15.3. The molecule has 1 N–H and O–H groups in total. The number of piperidine rings is 1. The minimum atomic E-state index is -3.76. The molecule has 1 atom stereocenters. The first-order valence-electron chi connectivity index (χ1n) is 10.4. The number of hydrogen-bond acceptors (Lipinski definition) is 5. The molecule has 0 bridgehead atoms. The van der Waals surface area contributed by atoms with Gasteiger partial charge in [0.1, 0.15) is 11.6 Å². The molecule has 0 spiro atoms. The van der Waals surface area contributed by atoms with E-state index in [-0.39, 0.29) is 42.3 Å². The fraction of sp³-hybridized carbons (Fsp3) is 0.364. The molecule has 0 saturated carbocycles. The molecule has 0 radical (unpaired) electrons. The molecule has 2 aliphatic heterocycles. The number of likely N-dealkylation sites (N-methyl/N-ethyl adjacent to an activating group) is 1. The molecule has 0 aromatic heterocycles. The number of para-hydroxylation sites is 2. The van der Waals surface area contributed by atoms with Crippen LogP contribution in [-0.2, 0) is 19.6 Å². The molecule has 8 nitrogen and oxygen atoms in total. The van der Waals surface area contributed by atoms with Gasteiger partial charge in [-0.25, -0.2) is 12.8 Å². The van der Waals surface area contributed by atoms with Gasteiger partial charge < -0.3 is 15.0 Å². The number of carbonyl (C=O) groups is 2. The number of nitrogens with zero attached hydrogens (tertiary/aromatic N) is 2. The van der Waals surface area contributed by atoms with E-state index in [1.807, 2.05) is 0 Å². The maximum atomic E-state index is 13.4. The zero-order chi connectivity index (χ0) is 22.9. The number of ether oxygens (including phenoxy) is 1. The summed E-state index contributed by atoms with van der Waals surface area (Å²) in [5.74, 6) is -0.914. The van der Waals surface area contributed by atoms with Crippen LogP contribution in [-0.4, -0.2) is 57.3 Å². The molecule has 1 unspecified atom stereocenters. The van der Waals surface area contributed by atoms with E-state index in [4.69, 9.17) is 4.74 Å². The first kappa shape index (κ1) is 22.2. The topological polar surface area (TPSA) is 96.0 Å². The summed E-state index contributed by atoms with van der Waals surface area (Å²) in [6.07, 6.45) is -0.120. The van der Waals surface area contributed by atoms with Crippen molar-refractivity contribution in [2.24, 2.45) is 5.92 Å². The van der Waals surface area contributed by atoms with Gasteiger partial charge >= 0.3 is 0 Å². The number of hydrogen-bond donors (Lipinski definition) is 1. The number of amides is 2. The molecule has 1 saturated heterocycles. The summed E-state index contributed by atoms with van der Waals surface area (Å²) in [5, 5.41) is 2.55. The van der Waals surface area contributed by atoms with Gasteiger partial charge in [0.2, 0.25) is 15.9 Å². The van der Waals surface area contributed by atoms with Crippen LogP contribution in [0.2, 0.25) is 0 Å². The highest BCUT2D eigenvalue weighted by Gasteiger charge is 2.38. The van der Waals surface area contributed by atoms with Crippen LogP contribution in [0.3, 0.4) is 0 Å². The van der Waals surface area contributed by atoms with Crippen molar-refractivity contribution in [1.82, 2.24) is 9.62 Å². The molecule has 0 aliphatic carbocycles. The minimum absolute atomic E-state index is 0.0270. The lowest BCUT2D eigenvalue weighted by Gasteiger charge is -2.38. The number of fused-ring (bicyclic) bond motifs is 1. The van der Waals surface area contributed by atoms with Crippen LogP contribution in [0.15, 0.2) is 53.4 Å². The molecule has 2 aromatic rings. The van der Waals surface area contributed by atoms with Crippen LogP contribution in [0.25, 0.3) is 0 Å². The van der Waals surface area contributed by atoms with Gasteiger partial charge in [0, 0.05) is 26.1 Å². The standard InChI is InChI=1S/C22H24FN3O5S/c1-24-21(27)20-14-26(18-4-2-3-5-19(18)31-20)22(28)15-10-12-25(13-11-15)32(29,30)17-8-6-16(23)7-9-17/h2-9,15,20H,10-14H2,1H3,(H,24,27). The van der Waals surface area contributed by atoms with Gasteiger partial charge in [-0.1, -0.05) is 12.1 Å². The zero-order valence-corrected chi connectivity index (χ0v) is 18.3. The van der Waals surface area contributed by atoms with Crippen molar-refractivity contribution in [2.75, 3.05) is 31.6 Å². The molecular formula is C22H24FN3O5S. The molecule has 1 fully saturated rings. The van der Waals surface area contributed by atoms with Gasteiger partial charge in [-0.05, 0) is 49.2 Å². The first-order valence-corrected chi connectivity index (χ1v) is 11.8. The lowest BCUT2D eigenvalue weighted by Crippen LogP contribution is -2.52. The SMILES string of the molecule is CNC(=O)C1CN(C(=O)C2CCN(S(=O)(=O)c3ccc(F)cc3)CC2)c2ccccc2O1. The van der Waals surface area contributed by atoms with Crippen LogP contribution >= 0.6 is 0 Å². The quantitative estimate of drug-likeness (QED) is 0.749. The zero-order valence-electron chi connectivity index (χ0n) is 17.5. The van der Waals surface area contributed by atoms with Crippen molar-refractivity contribution in [3.05, 3.63) is 54.3 Å². The van der Waals surface area contributed by atoms with E-state index in [9.17, 15) is 22.4 Å².